The van der Waals surface area contributed by atoms with Crippen molar-refractivity contribution in [1.82, 2.24) is 4.90 Å². The Hall–Kier alpha value is -2.32. The summed E-state index contributed by atoms with van der Waals surface area (Å²) in [5, 5.41) is 9.96. The van der Waals surface area contributed by atoms with Crippen LogP contribution in [0, 0.1) is 0 Å². The zero-order valence-electron chi connectivity index (χ0n) is 18.1. The van der Waals surface area contributed by atoms with Gasteiger partial charge in [-0.3, -0.25) is 0 Å². The van der Waals surface area contributed by atoms with Gasteiger partial charge in [-0.05, 0) is 60.3 Å². The van der Waals surface area contributed by atoms with Crippen molar-refractivity contribution in [2.45, 2.75) is 6.42 Å². The van der Waals surface area contributed by atoms with Gasteiger partial charge < -0.3 is 10.0 Å². The van der Waals surface area contributed by atoms with Crippen LogP contribution in [0.1, 0.15) is 36.9 Å². The van der Waals surface area contributed by atoms with E-state index >= 15 is 0 Å². The number of phenols is 1. The van der Waals surface area contributed by atoms with Crippen molar-refractivity contribution in [3.8, 4) is 5.75 Å². The molecule has 0 bridgehead atoms. The van der Waals surface area contributed by atoms with Crippen molar-refractivity contribution in [3.05, 3.63) is 70.8 Å². The van der Waals surface area contributed by atoms with E-state index < -0.39 is 14.0 Å². The third-order valence-electron chi connectivity index (χ3n) is 3.72. The van der Waals surface area contributed by atoms with Gasteiger partial charge in [-0.25, -0.2) is 0 Å². The Morgan fingerprint density at radius 3 is 2.64 bits per heavy atom. The van der Waals surface area contributed by atoms with E-state index in [1.54, 1.807) is 12.1 Å². The predicted molar refractivity (Wildman–Crippen MR) is 93.7 cm³/mol. The monoisotopic (exact) mass is 297 g/mol. The van der Waals surface area contributed by atoms with Gasteiger partial charge in [-0.1, -0.05) is 48.6 Å². The molecule has 0 aliphatic heterocycles. The lowest BCUT2D eigenvalue weighted by Gasteiger charge is -2.13. The summed E-state index contributed by atoms with van der Waals surface area (Å²) in [5.74, 6) is 0.129. The fraction of sp³-hybridized carbons (Fsp3) is 0.200. The molecule has 0 heterocycles. The second-order valence-corrected chi connectivity index (χ2v) is 5.25. The van der Waals surface area contributed by atoms with Crippen LogP contribution in [0.15, 0.2) is 48.5 Å². The van der Waals surface area contributed by atoms with Crippen LogP contribution in [0.25, 0.3) is 17.7 Å². The summed E-state index contributed by atoms with van der Waals surface area (Å²) in [6.45, 7) is -5.55. The van der Waals surface area contributed by atoms with Gasteiger partial charge in [0.2, 0.25) is 0 Å². The summed E-state index contributed by atoms with van der Waals surface area (Å²) in [5.41, 5.74) is 4.51. The number of fused-ring (bicyclic) bond motifs is 2. The molecule has 112 valence electrons. The molecular weight excluding hydrogens is 270 g/mol. The highest BCUT2D eigenvalue weighted by atomic mass is 16.3. The minimum absolute atomic E-state index is 0.129. The molecule has 0 saturated carbocycles. The Labute approximate surface area is 140 Å². The van der Waals surface area contributed by atoms with Gasteiger partial charge in [-0.2, -0.15) is 0 Å². The average molecular weight is 297 g/mol. The Balaban J connectivity index is 2.01. The molecule has 2 aromatic rings. The van der Waals surface area contributed by atoms with Gasteiger partial charge in [0.1, 0.15) is 5.75 Å². The smallest absolute Gasteiger partial charge is 0.116 e. The molecule has 0 radical (unpaired) electrons. The molecule has 0 spiro atoms. The lowest BCUT2D eigenvalue weighted by atomic mass is 9.92. The minimum atomic E-state index is -2.71. The van der Waals surface area contributed by atoms with E-state index in [4.69, 9.17) is 8.22 Å². The van der Waals surface area contributed by atoms with E-state index in [1.165, 1.54) is 0 Å². The zero-order chi connectivity index (χ0) is 20.5. The summed E-state index contributed by atoms with van der Waals surface area (Å²) in [4.78, 5) is 0.557. The van der Waals surface area contributed by atoms with Gasteiger partial charge in [0.25, 0.3) is 0 Å². The van der Waals surface area contributed by atoms with E-state index in [9.17, 15) is 5.11 Å². The van der Waals surface area contributed by atoms with Crippen LogP contribution in [0.2, 0.25) is 0 Å². The molecule has 1 aliphatic carbocycles. The van der Waals surface area contributed by atoms with Gasteiger partial charge in [-0.15, -0.1) is 0 Å². The zero-order valence-corrected chi connectivity index (χ0v) is 12.1. The normalized spacial score (nSPS) is 20.0. The Morgan fingerprint density at radius 1 is 1.05 bits per heavy atom. The number of hydrogen-bond donors (Lipinski definition) is 1. The van der Waals surface area contributed by atoms with Crippen LogP contribution in [0.5, 0.6) is 5.75 Å². The summed E-state index contributed by atoms with van der Waals surface area (Å²) >= 11 is 0. The van der Waals surface area contributed by atoms with Crippen molar-refractivity contribution in [1.29, 1.82) is 0 Å². The average Bonchev–Trinajstić information content (AvgIpc) is 2.73. The molecule has 22 heavy (non-hydrogen) atoms. The molecule has 2 aromatic carbocycles. The molecule has 1 N–H and O–H groups in total. The number of rotatable bonds is 3. The number of phenolic OH excluding ortho intramolecular Hbond substituents is 1. The fourth-order valence-corrected chi connectivity index (χ4v) is 2.69. The Kier molecular flexibility index (Phi) is 2.53. The molecular formula is C20H21NO. The van der Waals surface area contributed by atoms with Gasteiger partial charge in [0.15, 0.2) is 0 Å². The molecule has 0 aromatic heterocycles. The fourth-order valence-electron chi connectivity index (χ4n) is 2.69. The van der Waals surface area contributed by atoms with Crippen LogP contribution in [-0.4, -0.2) is 30.5 Å². The maximum absolute atomic E-state index is 9.96. The number of hydrogen-bond acceptors (Lipinski definition) is 2. The summed E-state index contributed by atoms with van der Waals surface area (Å²) in [6, 6.07) is 12.9. The maximum atomic E-state index is 9.96. The first-order chi connectivity index (χ1) is 13.1. The molecule has 0 amide bonds. The highest BCUT2D eigenvalue weighted by Gasteiger charge is 2.15. The van der Waals surface area contributed by atoms with Crippen LogP contribution < -0.4 is 0 Å². The lowest BCUT2D eigenvalue weighted by Crippen LogP contribution is -2.12. The van der Waals surface area contributed by atoms with Crippen molar-refractivity contribution < 1.29 is 13.3 Å². The van der Waals surface area contributed by atoms with E-state index in [0.29, 0.717) is 4.90 Å². The molecule has 0 saturated heterocycles. The first kappa shape index (κ1) is 8.96. The molecule has 2 heteroatoms. The Morgan fingerprint density at radius 2 is 1.82 bits per heavy atom. The number of aromatic hydroxyl groups is 1. The SMILES string of the molecule is [2H]C([2H])([2H])N(CC/C=C1/c2ccccc2C=Cc2ccc(O)cc21)C([2H])([2H])[2H]. The largest absolute Gasteiger partial charge is 0.508 e. The predicted octanol–water partition coefficient (Wildman–Crippen LogP) is 4.26. The van der Waals surface area contributed by atoms with Crippen LogP contribution >= 0.6 is 0 Å². The molecule has 1 aliphatic rings. The van der Waals surface area contributed by atoms with Crippen molar-refractivity contribution in [2.75, 3.05) is 20.5 Å². The molecule has 0 unspecified atom stereocenters. The molecule has 2 nitrogen and oxygen atoms in total. The highest BCUT2D eigenvalue weighted by Crippen LogP contribution is 2.35. The first-order valence-electron chi connectivity index (χ1n) is 10.2. The van der Waals surface area contributed by atoms with Gasteiger partial charge in [0, 0.05) is 14.8 Å². The quantitative estimate of drug-likeness (QED) is 0.781. The molecule has 0 atom stereocenters. The van der Waals surface area contributed by atoms with Crippen LogP contribution in [0.4, 0.5) is 0 Å². The van der Waals surface area contributed by atoms with Gasteiger partial charge in [0.05, 0.1) is 0 Å². The van der Waals surface area contributed by atoms with Gasteiger partial charge >= 0.3 is 0 Å². The summed E-state index contributed by atoms with van der Waals surface area (Å²) in [6.07, 6.45) is 6.03. The van der Waals surface area contributed by atoms with Crippen molar-refractivity contribution >= 4 is 17.7 Å². The van der Waals surface area contributed by atoms with Crippen LogP contribution in [0.3, 0.4) is 0 Å². The van der Waals surface area contributed by atoms with E-state index in [-0.39, 0.29) is 18.7 Å². The third kappa shape index (κ3) is 2.97. The topological polar surface area (TPSA) is 23.5 Å². The van der Waals surface area contributed by atoms with Crippen molar-refractivity contribution in [2.24, 2.45) is 0 Å². The maximum Gasteiger partial charge on any atom is 0.116 e. The minimum Gasteiger partial charge on any atom is -0.508 e. The number of nitrogens with zero attached hydrogens (tertiary/aromatic N) is 1. The highest BCUT2D eigenvalue weighted by molar-refractivity contribution is 5.94. The van der Waals surface area contributed by atoms with E-state index in [1.807, 2.05) is 48.6 Å². The second kappa shape index (κ2) is 6.20. The van der Waals surface area contributed by atoms with E-state index in [0.717, 1.165) is 27.8 Å². The number of benzene rings is 2. The van der Waals surface area contributed by atoms with Crippen molar-refractivity contribution in [3.63, 3.8) is 0 Å². The summed E-state index contributed by atoms with van der Waals surface area (Å²) in [7, 11) is 0. The lowest BCUT2D eigenvalue weighted by molar-refractivity contribution is 0.417. The Bertz CT molecular complexity index is 913. The standard InChI is InChI=1S/C20H21NO/c1-21(2)13-5-8-19-18-7-4-3-6-15(18)9-10-16-11-12-17(22)14-20(16)19/h3-4,6-12,14,22H,5,13H2,1-2H3/b19-8-/i1D3,2D3. The second-order valence-electron chi connectivity index (χ2n) is 5.25. The van der Waals surface area contributed by atoms with Crippen LogP contribution in [-0.2, 0) is 0 Å². The first-order valence-corrected chi connectivity index (χ1v) is 7.16. The third-order valence-corrected chi connectivity index (χ3v) is 3.72. The molecule has 0 fully saturated rings. The summed E-state index contributed by atoms with van der Waals surface area (Å²) < 4.78 is 45.0. The van der Waals surface area contributed by atoms with E-state index in [2.05, 4.69) is 0 Å². The molecule has 3 rings (SSSR count).